The summed E-state index contributed by atoms with van der Waals surface area (Å²) in [6, 6.07) is 20.6. The summed E-state index contributed by atoms with van der Waals surface area (Å²) in [7, 11) is 0. The molecule has 26 heavy (non-hydrogen) atoms. The van der Waals surface area contributed by atoms with Gasteiger partial charge >= 0.3 is 6.09 Å². The van der Waals surface area contributed by atoms with Crippen LogP contribution in [0, 0.1) is 0 Å². The van der Waals surface area contributed by atoms with Gasteiger partial charge in [-0.05, 0) is 36.8 Å². The number of rotatable bonds is 5. The minimum atomic E-state index is -0.315. The fourth-order valence-corrected chi connectivity index (χ4v) is 3.95. The van der Waals surface area contributed by atoms with Crippen LogP contribution in [0.25, 0.3) is 0 Å². The summed E-state index contributed by atoms with van der Waals surface area (Å²) in [6.07, 6.45) is 4.44. The van der Waals surface area contributed by atoms with Gasteiger partial charge in [0.05, 0.1) is 0 Å². The normalized spacial score (nSPS) is 21.3. The first-order valence-corrected chi connectivity index (χ1v) is 9.50. The fraction of sp³-hybridized carbons (Fsp3) is 0.409. The van der Waals surface area contributed by atoms with Gasteiger partial charge in [0.15, 0.2) is 0 Å². The molecule has 0 aromatic heterocycles. The average molecular weight is 350 g/mol. The molecule has 1 saturated heterocycles. The number of alkyl carbamates (subject to hydrolysis) is 1. The first kappa shape index (κ1) is 17.1. The van der Waals surface area contributed by atoms with E-state index < -0.39 is 0 Å². The molecule has 1 N–H and O–H groups in total. The Hall–Kier alpha value is -2.33. The van der Waals surface area contributed by atoms with Crippen LogP contribution in [-0.2, 0) is 17.9 Å². The van der Waals surface area contributed by atoms with E-state index in [-0.39, 0.29) is 12.1 Å². The monoisotopic (exact) mass is 350 g/mol. The summed E-state index contributed by atoms with van der Waals surface area (Å²) in [5.41, 5.74) is 2.72. The molecule has 2 aliphatic rings. The zero-order valence-electron chi connectivity index (χ0n) is 15.1. The van der Waals surface area contributed by atoms with Crippen LogP contribution in [0.3, 0.4) is 0 Å². The standard InChI is InChI=1S/C22H26N2O2/c25-21(26-17-19-9-5-2-6-10-19)23-20-11-12-22(13-14-22)24(16-20)15-18-7-3-1-4-8-18/h1-10,20H,11-17H2,(H,23,25)/t20-/m0/s1. The fourth-order valence-electron chi connectivity index (χ4n) is 3.95. The number of ether oxygens (including phenoxy) is 1. The highest BCUT2D eigenvalue weighted by atomic mass is 16.5. The van der Waals surface area contributed by atoms with Crippen molar-refractivity contribution in [1.29, 1.82) is 0 Å². The number of hydrogen-bond donors (Lipinski definition) is 1. The highest BCUT2D eigenvalue weighted by Crippen LogP contribution is 2.48. The molecule has 1 amide bonds. The van der Waals surface area contributed by atoms with Gasteiger partial charge in [-0.3, -0.25) is 4.90 Å². The first-order chi connectivity index (χ1) is 12.7. The predicted octanol–water partition coefficient (Wildman–Crippen LogP) is 4.11. The van der Waals surface area contributed by atoms with Gasteiger partial charge in [-0.2, -0.15) is 0 Å². The van der Waals surface area contributed by atoms with Crippen molar-refractivity contribution in [3.63, 3.8) is 0 Å². The zero-order valence-corrected chi connectivity index (χ0v) is 15.1. The van der Waals surface area contributed by atoms with Crippen molar-refractivity contribution in [3.8, 4) is 0 Å². The van der Waals surface area contributed by atoms with Crippen LogP contribution in [0.5, 0.6) is 0 Å². The molecule has 0 unspecified atom stereocenters. The maximum Gasteiger partial charge on any atom is 0.407 e. The first-order valence-electron chi connectivity index (χ1n) is 9.50. The Morgan fingerprint density at radius 3 is 2.31 bits per heavy atom. The van der Waals surface area contributed by atoms with Gasteiger partial charge in [0, 0.05) is 24.7 Å². The largest absolute Gasteiger partial charge is 0.445 e. The molecule has 2 fully saturated rings. The van der Waals surface area contributed by atoms with Crippen LogP contribution >= 0.6 is 0 Å². The Kier molecular flexibility index (Phi) is 4.93. The predicted molar refractivity (Wildman–Crippen MR) is 102 cm³/mol. The number of likely N-dealkylation sites (tertiary alicyclic amines) is 1. The van der Waals surface area contributed by atoms with E-state index in [1.807, 2.05) is 30.3 Å². The maximum atomic E-state index is 12.2. The molecule has 1 heterocycles. The number of carbonyl (C=O) groups is 1. The molecule has 1 aliphatic carbocycles. The highest BCUT2D eigenvalue weighted by molar-refractivity contribution is 5.67. The molecule has 4 nitrogen and oxygen atoms in total. The van der Waals surface area contributed by atoms with Crippen molar-refractivity contribution in [2.75, 3.05) is 6.54 Å². The van der Waals surface area contributed by atoms with E-state index in [4.69, 9.17) is 4.74 Å². The van der Waals surface area contributed by atoms with Crippen molar-refractivity contribution >= 4 is 6.09 Å². The van der Waals surface area contributed by atoms with E-state index in [1.165, 1.54) is 18.4 Å². The molecule has 1 aliphatic heterocycles. The van der Waals surface area contributed by atoms with Gasteiger partial charge in [0.25, 0.3) is 0 Å². The summed E-state index contributed by atoms with van der Waals surface area (Å²) in [5, 5.41) is 3.07. The summed E-state index contributed by atoms with van der Waals surface area (Å²) in [6.45, 7) is 2.17. The van der Waals surface area contributed by atoms with Crippen molar-refractivity contribution < 1.29 is 9.53 Å². The minimum Gasteiger partial charge on any atom is -0.445 e. The van der Waals surface area contributed by atoms with Gasteiger partial charge < -0.3 is 10.1 Å². The number of nitrogens with zero attached hydrogens (tertiary/aromatic N) is 1. The van der Waals surface area contributed by atoms with E-state index >= 15 is 0 Å². The molecular formula is C22H26N2O2. The lowest BCUT2D eigenvalue weighted by Gasteiger charge is -2.40. The van der Waals surface area contributed by atoms with E-state index in [0.29, 0.717) is 12.1 Å². The van der Waals surface area contributed by atoms with E-state index in [2.05, 4.69) is 40.5 Å². The number of carbonyl (C=O) groups excluding carboxylic acids is 1. The third-order valence-electron chi connectivity index (χ3n) is 5.65. The number of hydrogen-bond acceptors (Lipinski definition) is 3. The van der Waals surface area contributed by atoms with Gasteiger partial charge in [0.2, 0.25) is 0 Å². The molecule has 2 aromatic rings. The van der Waals surface area contributed by atoms with Crippen LogP contribution in [0.15, 0.2) is 60.7 Å². The van der Waals surface area contributed by atoms with Crippen molar-refractivity contribution in [2.24, 2.45) is 0 Å². The smallest absolute Gasteiger partial charge is 0.407 e. The SMILES string of the molecule is O=C(N[C@H]1CCC2(CC2)N(Cc2ccccc2)C1)OCc1ccccc1. The van der Waals surface area contributed by atoms with Crippen LogP contribution in [-0.4, -0.2) is 29.1 Å². The number of piperidine rings is 1. The molecule has 0 bridgehead atoms. The number of nitrogens with one attached hydrogen (secondary N) is 1. The second-order valence-electron chi connectivity index (χ2n) is 7.53. The molecule has 1 spiro atoms. The van der Waals surface area contributed by atoms with E-state index in [9.17, 15) is 4.79 Å². The van der Waals surface area contributed by atoms with Crippen LogP contribution in [0.2, 0.25) is 0 Å². The Morgan fingerprint density at radius 1 is 1.00 bits per heavy atom. The number of benzene rings is 2. The Morgan fingerprint density at radius 2 is 1.65 bits per heavy atom. The lowest BCUT2D eigenvalue weighted by molar-refractivity contribution is 0.0858. The second kappa shape index (κ2) is 7.50. The van der Waals surface area contributed by atoms with E-state index in [1.54, 1.807) is 0 Å². The quantitative estimate of drug-likeness (QED) is 0.882. The van der Waals surface area contributed by atoms with Crippen LogP contribution in [0.4, 0.5) is 4.79 Å². The van der Waals surface area contributed by atoms with Crippen LogP contribution in [0.1, 0.15) is 36.8 Å². The molecule has 0 radical (unpaired) electrons. The summed E-state index contributed by atoms with van der Waals surface area (Å²) in [5.74, 6) is 0. The topological polar surface area (TPSA) is 41.6 Å². The summed E-state index contributed by atoms with van der Waals surface area (Å²) >= 11 is 0. The zero-order chi connectivity index (χ0) is 17.8. The Bertz CT molecular complexity index is 728. The molecular weight excluding hydrogens is 324 g/mol. The number of amides is 1. The van der Waals surface area contributed by atoms with Gasteiger partial charge in [-0.25, -0.2) is 4.79 Å². The average Bonchev–Trinajstić information content (AvgIpc) is 3.45. The van der Waals surface area contributed by atoms with Gasteiger partial charge in [-0.15, -0.1) is 0 Å². The summed E-state index contributed by atoms with van der Waals surface area (Å²) < 4.78 is 5.38. The molecule has 4 rings (SSSR count). The van der Waals surface area contributed by atoms with E-state index in [0.717, 1.165) is 31.5 Å². The van der Waals surface area contributed by atoms with Gasteiger partial charge in [-0.1, -0.05) is 60.7 Å². The molecule has 4 heteroatoms. The Labute approximate surface area is 155 Å². The van der Waals surface area contributed by atoms with Crippen molar-refractivity contribution in [1.82, 2.24) is 10.2 Å². The van der Waals surface area contributed by atoms with Crippen molar-refractivity contribution in [3.05, 3.63) is 71.8 Å². The molecule has 1 atom stereocenters. The highest BCUT2D eigenvalue weighted by Gasteiger charge is 2.50. The minimum absolute atomic E-state index is 0.160. The lowest BCUT2D eigenvalue weighted by atomic mass is 9.95. The third kappa shape index (κ3) is 4.07. The molecule has 2 aromatic carbocycles. The third-order valence-corrected chi connectivity index (χ3v) is 5.65. The second-order valence-corrected chi connectivity index (χ2v) is 7.53. The summed E-state index contributed by atoms with van der Waals surface area (Å²) in [4.78, 5) is 14.7. The maximum absolute atomic E-state index is 12.2. The van der Waals surface area contributed by atoms with Crippen molar-refractivity contribution in [2.45, 2.75) is 50.4 Å². The molecule has 136 valence electrons. The van der Waals surface area contributed by atoms with Crippen LogP contribution < -0.4 is 5.32 Å². The lowest BCUT2D eigenvalue weighted by Crippen LogP contribution is -2.52. The molecule has 1 saturated carbocycles. The Balaban J connectivity index is 1.31. The van der Waals surface area contributed by atoms with Gasteiger partial charge in [0.1, 0.15) is 6.61 Å².